The molecule has 0 aliphatic heterocycles. The number of para-hydroxylation sites is 1. The van der Waals surface area contributed by atoms with Crippen LogP contribution in [0.2, 0.25) is 0 Å². The molecule has 0 saturated carbocycles. The number of fused-ring (bicyclic) bond motifs is 1. The molecule has 116 valence electrons. The number of nitrogens with zero attached hydrogens (tertiary/aromatic N) is 2. The quantitative estimate of drug-likeness (QED) is 0.692. The molecule has 0 spiro atoms. The third-order valence-electron chi connectivity index (χ3n) is 3.44. The first kappa shape index (κ1) is 14.9. The van der Waals surface area contributed by atoms with Crippen LogP contribution in [0.1, 0.15) is 18.5 Å². The minimum absolute atomic E-state index is 0.239. The highest BCUT2D eigenvalue weighted by atomic mass is 16.2. The van der Waals surface area contributed by atoms with E-state index in [1.807, 2.05) is 31.2 Å². The van der Waals surface area contributed by atoms with Crippen molar-refractivity contribution < 1.29 is 4.79 Å². The topological polar surface area (TPSA) is 92.9 Å². The number of rotatable bonds is 3. The third-order valence-corrected chi connectivity index (χ3v) is 3.44. The summed E-state index contributed by atoms with van der Waals surface area (Å²) < 4.78 is 0. The van der Waals surface area contributed by atoms with Gasteiger partial charge in [-0.1, -0.05) is 18.2 Å². The Hall–Kier alpha value is -2.99. The van der Waals surface area contributed by atoms with Gasteiger partial charge in [0, 0.05) is 23.2 Å². The Labute approximate surface area is 133 Å². The Morgan fingerprint density at radius 3 is 2.70 bits per heavy atom. The third kappa shape index (κ3) is 3.27. The predicted octanol–water partition coefficient (Wildman–Crippen LogP) is 3.29. The Morgan fingerprint density at radius 2 is 1.96 bits per heavy atom. The lowest BCUT2D eigenvalue weighted by Gasteiger charge is -2.16. The van der Waals surface area contributed by atoms with E-state index in [2.05, 4.69) is 20.6 Å². The molecule has 0 saturated heterocycles. The van der Waals surface area contributed by atoms with Crippen LogP contribution in [-0.4, -0.2) is 16.0 Å². The second-order valence-corrected chi connectivity index (χ2v) is 5.21. The zero-order valence-electron chi connectivity index (χ0n) is 12.7. The molecular weight excluding hydrogens is 290 g/mol. The number of anilines is 2. The van der Waals surface area contributed by atoms with Crippen LogP contribution >= 0.6 is 0 Å². The smallest absolute Gasteiger partial charge is 0.323 e. The van der Waals surface area contributed by atoms with Gasteiger partial charge in [0.05, 0.1) is 29.3 Å². The first-order valence-corrected chi connectivity index (χ1v) is 7.26. The van der Waals surface area contributed by atoms with Gasteiger partial charge in [-0.2, -0.15) is 0 Å². The van der Waals surface area contributed by atoms with Crippen LogP contribution in [-0.2, 0) is 0 Å². The van der Waals surface area contributed by atoms with Crippen molar-refractivity contribution >= 4 is 28.3 Å². The molecule has 1 aromatic carbocycles. The van der Waals surface area contributed by atoms with Gasteiger partial charge in [0.25, 0.3) is 0 Å². The van der Waals surface area contributed by atoms with E-state index >= 15 is 0 Å². The minimum atomic E-state index is -0.364. The van der Waals surface area contributed by atoms with Crippen molar-refractivity contribution in [3.63, 3.8) is 0 Å². The number of urea groups is 1. The fourth-order valence-electron chi connectivity index (χ4n) is 2.47. The van der Waals surface area contributed by atoms with Crippen LogP contribution < -0.4 is 16.4 Å². The molecule has 23 heavy (non-hydrogen) atoms. The fraction of sp³-hybridized carbons (Fsp3) is 0.118. The second-order valence-electron chi connectivity index (χ2n) is 5.21. The average molecular weight is 307 g/mol. The van der Waals surface area contributed by atoms with Crippen LogP contribution in [0.4, 0.5) is 16.2 Å². The maximum Gasteiger partial charge on any atom is 0.323 e. The van der Waals surface area contributed by atoms with Crippen LogP contribution in [0, 0.1) is 0 Å². The first-order chi connectivity index (χ1) is 11.1. The summed E-state index contributed by atoms with van der Waals surface area (Å²) >= 11 is 0. The Kier molecular flexibility index (Phi) is 4.16. The number of benzene rings is 1. The number of carbonyl (C=O) groups is 1. The second kappa shape index (κ2) is 6.41. The van der Waals surface area contributed by atoms with Gasteiger partial charge < -0.3 is 16.4 Å². The van der Waals surface area contributed by atoms with Gasteiger partial charge in [-0.15, -0.1) is 0 Å². The van der Waals surface area contributed by atoms with Gasteiger partial charge in [0.15, 0.2) is 0 Å². The monoisotopic (exact) mass is 307 g/mol. The summed E-state index contributed by atoms with van der Waals surface area (Å²) in [7, 11) is 0. The van der Waals surface area contributed by atoms with E-state index in [1.165, 1.54) is 0 Å². The Bertz CT molecular complexity index is 833. The van der Waals surface area contributed by atoms with Crippen molar-refractivity contribution in [3.05, 3.63) is 60.6 Å². The van der Waals surface area contributed by atoms with Gasteiger partial charge in [-0.25, -0.2) is 4.79 Å². The lowest BCUT2D eigenvalue weighted by molar-refractivity contribution is 0.262. The van der Waals surface area contributed by atoms with E-state index in [1.54, 1.807) is 30.7 Å². The highest BCUT2D eigenvalue weighted by molar-refractivity contribution is 6.02. The maximum atomic E-state index is 12.2. The molecule has 0 fully saturated rings. The summed E-state index contributed by atoms with van der Waals surface area (Å²) in [4.78, 5) is 20.5. The van der Waals surface area contributed by atoms with Gasteiger partial charge >= 0.3 is 6.03 Å². The molecule has 1 atom stereocenters. The molecule has 0 aliphatic rings. The molecule has 0 aliphatic carbocycles. The van der Waals surface area contributed by atoms with E-state index in [0.29, 0.717) is 11.4 Å². The predicted molar refractivity (Wildman–Crippen MR) is 91.2 cm³/mol. The van der Waals surface area contributed by atoms with Crippen LogP contribution in [0.25, 0.3) is 10.9 Å². The number of amides is 2. The molecule has 2 heterocycles. The molecular formula is C17H17N5O. The normalized spacial score (nSPS) is 11.9. The van der Waals surface area contributed by atoms with Crippen molar-refractivity contribution in [2.75, 3.05) is 10.6 Å². The molecule has 0 radical (unpaired) electrons. The average Bonchev–Trinajstić information content (AvgIpc) is 2.55. The van der Waals surface area contributed by atoms with E-state index in [-0.39, 0.29) is 12.1 Å². The molecule has 3 rings (SSSR count). The van der Waals surface area contributed by atoms with Crippen molar-refractivity contribution in [1.29, 1.82) is 0 Å². The SMILES string of the molecule is CC(N)c1c(NC(=O)Nc2cccnc2)cnc2ccccc12. The summed E-state index contributed by atoms with van der Waals surface area (Å²) in [5.74, 6) is 0. The molecule has 1 unspecified atom stereocenters. The van der Waals surface area contributed by atoms with Gasteiger partial charge in [-0.3, -0.25) is 9.97 Å². The van der Waals surface area contributed by atoms with Gasteiger partial charge in [0.1, 0.15) is 0 Å². The Morgan fingerprint density at radius 1 is 1.13 bits per heavy atom. The summed E-state index contributed by atoms with van der Waals surface area (Å²) in [6.45, 7) is 1.88. The van der Waals surface area contributed by atoms with Crippen molar-refractivity contribution in [2.24, 2.45) is 5.73 Å². The summed E-state index contributed by atoms with van der Waals surface area (Å²) in [6, 6.07) is 10.6. The van der Waals surface area contributed by atoms with Crippen molar-refractivity contribution in [2.45, 2.75) is 13.0 Å². The summed E-state index contributed by atoms with van der Waals surface area (Å²) in [5.41, 5.74) is 9.01. The number of aromatic nitrogens is 2. The lowest BCUT2D eigenvalue weighted by atomic mass is 10.0. The largest absolute Gasteiger partial charge is 0.324 e. The Balaban J connectivity index is 1.90. The molecule has 4 N–H and O–H groups in total. The fourth-order valence-corrected chi connectivity index (χ4v) is 2.47. The summed E-state index contributed by atoms with van der Waals surface area (Å²) in [5, 5.41) is 6.47. The first-order valence-electron chi connectivity index (χ1n) is 7.26. The highest BCUT2D eigenvalue weighted by Gasteiger charge is 2.14. The highest BCUT2D eigenvalue weighted by Crippen LogP contribution is 2.28. The zero-order chi connectivity index (χ0) is 16.2. The summed E-state index contributed by atoms with van der Waals surface area (Å²) in [6.07, 6.45) is 4.85. The number of hydrogen-bond acceptors (Lipinski definition) is 4. The van der Waals surface area contributed by atoms with Gasteiger partial charge in [0.2, 0.25) is 0 Å². The van der Waals surface area contributed by atoms with E-state index < -0.39 is 0 Å². The zero-order valence-corrected chi connectivity index (χ0v) is 12.7. The molecule has 6 heteroatoms. The number of carbonyl (C=O) groups excluding carboxylic acids is 1. The maximum absolute atomic E-state index is 12.2. The van der Waals surface area contributed by atoms with Crippen LogP contribution in [0.15, 0.2) is 55.0 Å². The van der Waals surface area contributed by atoms with Crippen molar-refractivity contribution in [1.82, 2.24) is 9.97 Å². The molecule has 2 amide bonds. The minimum Gasteiger partial charge on any atom is -0.324 e. The van der Waals surface area contributed by atoms with E-state index in [4.69, 9.17) is 5.73 Å². The van der Waals surface area contributed by atoms with Gasteiger partial charge in [-0.05, 0) is 25.1 Å². The lowest BCUT2D eigenvalue weighted by Crippen LogP contribution is -2.21. The molecule has 3 aromatic rings. The van der Waals surface area contributed by atoms with E-state index in [9.17, 15) is 4.79 Å². The number of nitrogens with one attached hydrogen (secondary N) is 2. The number of pyridine rings is 2. The van der Waals surface area contributed by atoms with Crippen LogP contribution in [0.3, 0.4) is 0 Å². The number of nitrogens with two attached hydrogens (primary N) is 1. The van der Waals surface area contributed by atoms with E-state index in [0.717, 1.165) is 16.5 Å². The molecule has 2 aromatic heterocycles. The molecule has 6 nitrogen and oxygen atoms in total. The van der Waals surface area contributed by atoms with Crippen molar-refractivity contribution in [3.8, 4) is 0 Å². The van der Waals surface area contributed by atoms with Crippen LogP contribution in [0.5, 0.6) is 0 Å². The standard InChI is InChI=1S/C17H17N5O/c1-11(18)16-13-6-2-3-7-14(13)20-10-15(16)22-17(23)21-12-5-4-8-19-9-12/h2-11H,18H2,1H3,(H2,21,22,23). The molecule has 0 bridgehead atoms. The number of hydrogen-bond donors (Lipinski definition) is 3.